The van der Waals surface area contributed by atoms with Crippen LogP contribution in [0.3, 0.4) is 0 Å². The largest absolute Gasteiger partial charge is 1.00 e. The summed E-state index contributed by atoms with van der Waals surface area (Å²) >= 11 is 0. The molecule has 8 aliphatic carbocycles. The van der Waals surface area contributed by atoms with Crippen molar-refractivity contribution in [3.8, 4) is 0 Å². The minimum absolute atomic E-state index is 0. The molecule has 14 aliphatic rings. The second kappa shape index (κ2) is 16.7. The van der Waals surface area contributed by atoms with Crippen LogP contribution in [0.4, 0.5) is 0 Å². The van der Waals surface area contributed by atoms with Gasteiger partial charge in [-0.3, -0.25) is 4.18 Å². The van der Waals surface area contributed by atoms with E-state index in [2.05, 4.69) is 68.4 Å². The predicted molar refractivity (Wildman–Crippen MR) is 265 cm³/mol. The van der Waals surface area contributed by atoms with Crippen LogP contribution < -0.4 is 29.6 Å². The van der Waals surface area contributed by atoms with Crippen LogP contribution in [-0.4, -0.2) is 99.9 Å². The zero-order valence-electron chi connectivity index (χ0n) is 45.8. The van der Waals surface area contributed by atoms with Crippen LogP contribution in [0.15, 0.2) is 33.9 Å². The average Bonchev–Trinajstić information content (AvgIpc) is 3.85. The van der Waals surface area contributed by atoms with Gasteiger partial charge in [-0.1, -0.05) is 89.3 Å². The molecule has 398 valence electrons. The molecule has 6 aliphatic heterocycles. The minimum Gasteiger partial charge on any atom is -0.726 e. The van der Waals surface area contributed by atoms with Gasteiger partial charge in [0.05, 0.1) is 42.7 Å². The number of rotatable bonds is 8. The average molecular weight is 1030 g/mol. The number of hydrogen-bond donors (Lipinski definition) is 4. The van der Waals surface area contributed by atoms with E-state index in [1.807, 2.05) is 13.8 Å². The van der Waals surface area contributed by atoms with E-state index < -0.39 is 62.4 Å². The van der Waals surface area contributed by atoms with E-state index in [-0.39, 0.29) is 94.1 Å². The summed E-state index contributed by atoms with van der Waals surface area (Å²) in [5.41, 5.74) is 3.50. The molecule has 0 aromatic carbocycles. The number of hydrogen-bond acceptors (Lipinski definition) is 12. The summed E-state index contributed by atoms with van der Waals surface area (Å²) in [5, 5.41) is 46.2. The molecule has 14 heteroatoms. The molecule has 6 saturated heterocycles. The van der Waals surface area contributed by atoms with Crippen molar-refractivity contribution in [2.75, 3.05) is 13.2 Å². The van der Waals surface area contributed by atoms with Crippen molar-refractivity contribution in [3.63, 3.8) is 0 Å². The van der Waals surface area contributed by atoms with Gasteiger partial charge in [0.25, 0.3) is 0 Å². The Morgan fingerprint density at radius 1 is 0.806 bits per heavy atom. The van der Waals surface area contributed by atoms with Crippen molar-refractivity contribution in [1.29, 1.82) is 0 Å². The molecule has 72 heavy (non-hydrogen) atoms. The number of ether oxygens (including phenoxy) is 4. The quantitative estimate of drug-likeness (QED) is 0.0936. The van der Waals surface area contributed by atoms with E-state index in [9.17, 15) is 33.4 Å². The third kappa shape index (κ3) is 6.96. The van der Waals surface area contributed by atoms with Crippen molar-refractivity contribution in [2.45, 2.75) is 232 Å². The second-order valence-electron chi connectivity index (χ2n) is 28.8. The Hall–Kier alpha value is -0.230. The first kappa shape index (κ1) is 53.8. The summed E-state index contributed by atoms with van der Waals surface area (Å²) in [5.74, 6) is -1.16. The van der Waals surface area contributed by atoms with E-state index in [0.29, 0.717) is 49.0 Å². The van der Waals surface area contributed by atoms with Gasteiger partial charge in [0, 0.05) is 27.6 Å². The molecule has 0 radical (unpaired) electrons. The third-order valence-electron chi connectivity index (χ3n) is 24.9. The van der Waals surface area contributed by atoms with Crippen molar-refractivity contribution >= 4 is 10.4 Å². The van der Waals surface area contributed by atoms with Gasteiger partial charge in [-0.05, 0) is 176 Å². The van der Waals surface area contributed by atoms with Crippen LogP contribution in [0.5, 0.6) is 0 Å². The Morgan fingerprint density at radius 3 is 2.10 bits per heavy atom. The van der Waals surface area contributed by atoms with E-state index in [1.165, 1.54) is 35.1 Å². The molecule has 0 amide bonds. The van der Waals surface area contributed by atoms with Crippen molar-refractivity contribution in [3.05, 3.63) is 33.9 Å². The maximum absolute atomic E-state index is 12.5. The molecule has 20 atom stereocenters. The summed E-state index contributed by atoms with van der Waals surface area (Å²) in [6, 6.07) is 0. The first-order valence-corrected chi connectivity index (χ1v) is 29.5. The Balaban J connectivity index is 0.00000560. The van der Waals surface area contributed by atoms with Gasteiger partial charge >= 0.3 is 29.6 Å². The maximum atomic E-state index is 12.5. The van der Waals surface area contributed by atoms with Gasteiger partial charge in [0.2, 0.25) is 16.2 Å². The van der Waals surface area contributed by atoms with E-state index >= 15 is 0 Å². The zero-order valence-corrected chi connectivity index (χ0v) is 48.6. The molecule has 10 fully saturated rings. The van der Waals surface area contributed by atoms with Gasteiger partial charge in [-0.2, -0.15) is 0 Å². The van der Waals surface area contributed by atoms with Crippen LogP contribution in [-0.2, 0) is 33.5 Å². The van der Waals surface area contributed by atoms with Crippen molar-refractivity contribution in [2.24, 2.45) is 79.8 Å². The Kier molecular flexibility index (Phi) is 12.4. The Morgan fingerprint density at radius 2 is 1.43 bits per heavy atom. The molecular formula is C58H87NaO12S. The van der Waals surface area contributed by atoms with Crippen LogP contribution in [0.25, 0.3) is 0 Å². The summed E-state index contributed by atoms with van der Waals surface area (Å²) < 4.78 is 70.1. The Bertz CT molecular complexity index is 2470. The van der Waals surface area contributed by atoms with Crippen molar-refractivity contribution in [1.82, 2.24) is 0 Å². The fourth-order valence-electron chi connectivity index (χ4n) is 21.6. The van der Waals surface area contributed by atoms with Gasteiger partial charge < -0.3 is 43.9 Å². The van der Waals surface area contributed by atoms with Gasteiger partial charge in [-0.25, -0.2) is 8.42 Å². The summed E-state index contributed by atoms with van der Waals surface area (Å²) in [7, 11) is -5.06. The molecule has 0 aromatic heterocycles. The number of fused-ring (bicyclic) bond motifs is 10. The summed E-state index contributed by atoms with van der Waals surface area (Å²) in [6.07, 6.45) is 13.8. The monoisotopic (exact) mass is 1030 g/mol. The van der Waals surface area contributed by atoms with Gasteiger partial charge in [0.1, 0.15) is 12.2 Å². The number of aliphatic hydroxyl groups is 4. The van der Waals surface area contributed by atoms with E-state index in [4.69, 9.17) is 23.1 Å². The predicted octanol–water partition coefficient (Wildman–Crippen LogP) is 6.21. The van der Waals surface area contributed by atoms with Crippen LogP contribution in [0.1, 0.15) is 179 Å². The van der Waals surface area contributed by atoms with Crippen LogP contribution >= 0.6 is 0 Å². The van der Waals surface area contributed by atoms with Gasteiger partial charge in [-0.15, -0.1) is 0 Å². The molecule has 4 saturated carbocycles. The molecule has 4 N–H and O–H groups in total. The Labute approximate surface area is 452 Å². The molecule has 12 nitrogen and oxygen atoms in total. The molecule has 2 spiro atoms. The van der Waals surface area contributed by atoms with Crippen molar-refractivity contribution < 1.29 is 86.1 Å². The fraction of sp³-hybridized carbons (Fsp3) is 0.897. The third-order valence-corrected chi connectivity index (χ3v) is 25.4. The summed E-state index contributed by atoms with van der Waals surface area (Å²) in [4.78, 5) is 0. The molecule has 14 rings (SSSR count). The van der Waals surface area contributed by atoms with Crippen LogP contribution in [0.2, 0.25) is 0 Å². The SMILES string of the molecule is C[C@@H]([C@H]1CC[C@H]2C3=C(CC[C@]12C)[C@@]12CO[C@@](O)([C@@H](O)C1)C(C)(C)[C@@H]2[C@@H](OS(=O)(=O)[O-])C3)[C@H]1C[C@@H]2C[C@@](C)(OC2(C)C)[C@H](CC[C@@H](C)[C@H]2CC[C@H]3C4=C(CC[C@]23C)[C@@]23CO[C@@](O)([C@@H](O)C2)C(C)(C)C3=CC4)O1.[Na+]. The van der Waals surface area contributed by atoms with Gasteiger partial charge in [0.15, 0.2) is 5.79 Å². The normalized spacial score (nSPS) is 51.9. The zero-order chi connectivity index (χ0) is 50.9. The molecule has 0 aromatic rings. The number of allylic oxidation sites excluding steroid dienone is 2. The fourth-order valence-corrected chi connectivity index (χ4v) is 22.0. The maximum Gasteiger partial charge on any atom is 1.00 e. The summed E-state index contributed by atoms with van der Waals surface area (Å²) in [6.45, 7) is 25.2. The van der Waals surface area contributed by atoms with Crippen LogP contribution in [0, 0.1) is 79.8 Å². The smallest absolute Gasteiger partial charge is 0.726 e. The van der Waals surface area contributed by atoms with E-state index in [0.717, 1.165) is 70.6 Å². The molecule has 6 bridgehead atoms. The topological polar surface area (TPSA) is 184 Å². The molecule has 6 heterocycles. The molecular weight excluding hydrogens is 944 g/mol. The van der Waals surface area contributed by atoms with E-state index in [1.54, 1.807) is 5.57 Å². The minimum atomic E-state index is -5.06. The molecule has 0 unspecified atom stereocenters. The second-order valence-corrected chi connectivity index (χ2v) is 29.8. The standard InChI is InChI=1S/C58H88O12S.Na/c1-31(36-14-16-38-34-13-18-44-49(3,4)57(61)45(59)27-55(44,29-66-57)40(34)20-22-52(36,38)9)12-19-47-54(11)26-33(51(7,8)70-54)24-42(68-47)32(2)37-15-17-39-35-25-43(69-71(63,64)65)48-50(5,6)58(62)46(60)28-56(48,30-67-58)41(35)21-23-53(37,39)10;/h18,31-33,36-39,42-43,45-48,59-62H,12-17,19-30H2,1-11H3,(H,63,64,65);/q;+1/p-1/t31-,32+,33-,36-,37-,38+,39+,42-,43+,45+,46+,47+,48+,52-,53-,54-,55+,56+,57+,58+;/m1./s1. The number of aliphatic hydroxyl groups excluding tert-OH is 2. The first-order chi connectivity index (χ1) is 32.9. The first-order valence-electron chi connectivity index (χ1n) is 28.2.